The maximum Gasteiger partial charge on any atom is 0.0919 e. The van der Waals surface area contributed by atoms with Crippen molar-refractivity contribution in [2.45, 2.75) is 75.7 Å². The summed E-state index contributed by atoms with van der Waals surface area (Å²) in [6.45, 7) is 24.2. The van der Waals surface area contributed by atoms with Crippen LogP contribution in [0, 0.1) is 25.7 Å². The quantitative estimate of drug-likeness (QED) is 0.519. The summed E-state index contributed by atoms with van der Waals surface area (Å²) >= 11 is 0. The Bertz CT molecular complexity index is 170. The Labute approximate surface area is 148 Å². The second kappa shape index (κ2) is 31.9. The zero-order valence-electron chi connectivity index (χ0n) is 16.5. The number of aromatic nitrogens is 2. The molecule has 0 saturated heterocycles. The van der Waals surface area contributed by atoms with Gasteiger partial charge in [-0.15, -0.1) is 0 Å². The number of H-pyrrole nitrogens is 1. The summed E-state index contributed by atoms with van der Waals surface area (Å²) in [5.74, 6) is 1.42. The van der Waals surface area contributed by atoms with Gasteiger partial charge < -0.3 is 25.3 Å². The van der Waals surface area contributed by atoms with E-state index < -0.39 is 0 Å². The summed E-state index contributed by atoms with van der Waals surface area (Å²) < 4.78 is 0. The van der Waals surface area contributed by atoms with Crippen molar-refractivity contribution >= 4 is 0 Å². The normalized spacial score (nSPS) is 7.62. The summed E-state index contributed by atoms with van der Waals surface area (Å²) in [5, 5.41) is 0. The van der Waals surface area contributed by atoms with Crippen molar-refractivity contribution in [1.82, 2.24) is 9.97 Å². The molecule has 1 radical (unpaired) electrons. The molecule has 1 rings (SSSR count). The van der Waals surface area contributed by atoms with Crippen LogP contribution in [0.25, 0.3) is 0 Å². The van der Waals surface area contributed by atoms with Gasteiger partial charge in [-0.25, -0.2) is 4.98 Å². The fourth-order valence-electron chi connectivity index (χ4n) is 0.215. The molecule has 1 heterocycles. The van der Waals surface area contributed by atoms with E-state index in [4.69, 9.17) is 0 Å². The molecular formula is C18H41N2V-3. The molecule has 131 valence electrons. The Morgan fingerprint density at radius 1 is 1.10 bits per heavy atom. The van der Waals surface area contributed by atoms with E-state index in [1.54, 1.807) is 25.6 Å². The van der Waals surface area contributed by atoms with Crippen LogP contribution in [0.1, 0.15) is 75.7 Å². The summed E-state index contributed by atoms with van der Waals surface area (Å²) in [6, 6.07) is 0. The van der Waals surface area contributed by atoms with Crippen LogP contribution in [0.2, 0.25) is 0 Å². The fourth-order valence-corrected chi connectivity index (χ4v) is 0.215. The van der Waals surface area contributed by atoms with Crippen molar-refractivity contribution in [2.24, 2.45) is 5.41 Å². The third-order valence-electron chi connectivity index (χ3n) is 1.47. The van der Waals surface area contributed by atoms with Gasteiger partial charge in [0.1, 0.15) is 0 Å². The van der Waals surface area contributed by atoms with E-state index >= 15 is 0 Å². The number of hydrogen-bond acceptors (Lipinski definition) is 1. The average molecular weight is 336 g/mol. The van der Waals surface area contributed by atoms with Crippen molar-refractivity contribution in [1.29, 1.82) is 0 Å². The van der Waals surface area contributed by atoms with Crippen LogP contribution in [0.4, 0.5) is 0 Å². The third kappa shape index (κ3) is 103. The molecule has 21 heavy (non-hydrogen) atoms. The Hall–Kier alpha value is -0.206. The molecule has 2 nitrogen and oxygen atoms in total. The minimum Gasteiger partial charge on any atom is -0.358 e. The monoisotopic (exact) mass is 336 g/mol. The van der Waals surface area contributed by atoms with Gasteiger partial charge in [-0.2, -0.15) is 27.7 Å². The topological polar surface area (TPSA) is 28.7 Å². The maximum atomic E-state index is 3.67. The number of imidazole rings is 1. The van der Waals surface area contributed by atoms with E-state index in [0.29, 0.717) is 5.41 Å². The zero-order valence-corrected chi connectivity index (χ0v) is 17.9. The first kappa shape index (κ1) is 37.2. The minimum absolute atomic E-state index is 0. The van der Waals surface area contributed by atoms with Gasteiger partial charge in [0.15, 0.2) is 0 Å². The van der Waals surface area contributed by atoms with Crippen LogP contribution in [-0.2, 0) is 18.6 Å². The summed E-state index contributed by atoms with van der Waals surface area (Å²) in [4.78, 5) is 6.42. The molecule has 0 saturated carbocycles. The second-order valence-electron chi connectivity index (χ2n) is 5.17. The van der Waals surface area contributed by atoms with Crippen LogP contribution in [0.5, 0.6) is 0 Å². The van der Waals surface area contributed by atoms with Gasteiger partial charge in [0, 0.05) is 30.9 Å². The third-order valence-corrected chi connectivity index (χ3v) is 1.47. The molecule has 0 aromatic carbocycles. The molecular weight excluding hydrogens is 295 g/mol. The van der Waals surface area contributed by atoms with Crippen molar-refractivity contribution < 1.29 is 18.6 Å². The van der Waals surface area contributed by atoms with Crippen molar-refractivity contribution in [2.75, 3.05) is 0 Å². The first-order chi connectivity index (χ1) is 8.79. The molecule has 0 aliphatic rings. The average Bonchev–Trinajstić information content (AvgIpc) is 2.91. The molecule has 0 bridgehead atoms. The molecule has 3 heteroatoms. The van der Waals surface area contributed by atoms with Gasteiger partial charge in [0.05, 0.1) is 6.33 Å². The van der Waals surface area contributed by atoms with Gasteiger partial charge in [-0.1, -0.05) is 48.0 Å². The van der Waals surface area contributed by atoms with Gasteiger partial charge >= 0.3 is 0 Å². The number of nitrogens with zero attached hydrogens (tertiary/aromatic N) is 1. The first-order valence-corrected chi connectivity index (χ1v) is 7.19. The fraction of sp³-hybridized carbons (Fsp3) is 0.667. The van der Waals surface area contributed by atoms with Gasteiger partial charge in [0.2, 0.25) is 0 Å². The maximum absolute atomic E-state index is 3.67. The number of hydrogen-bond donors (Lipinski definition) is 1. The van der Waals surface area contributed by atoms with E-state index in [1.165, 1.54) is 12.3 Å². The molecule has 1 N–H and O–H groups in total. The van der Waals surface area contributed by atoms with E-state index in [0.717, 1.165) is 0 Å². The molecule has 0 spiro atoms. The summed E-state index contributed by atoms with van der Waals surface area (Å²) in [6.07, 6.45) is 6.35. The Kier molecular flexibility index (Phi) is 56.6. The minimum atomic E-state index is 0. The van der Waals surface area contributed by atoms with Gasteiger partial charge in [0.25, 0.3) is 0 Å². The van der Waals surface area contributed by atoms with Crippen LogP contribution in [-0.4, -0.2) is 9.97 Å². The molecule has 0 amide bonds. The molecule has 1 aromatic rings. The molecule has 0 fully saturated rings. The van der Waals surface area contributed by atoms with Gasteiger partial charge in [-0.3, -0.25) is 0 Å². The Balaban J connectivity index is -0.0000000348. The van der Waals surface area contributed by atoms with Crippen molar-refractivity contribution in [3.63, 3.8) is 0 Å². The van der Waals surface area contributed by atoms with Crippen molar-refractivity contribution in [3.8, 4) is 0 Å². The van der Waals surface area contributed by atoms with E-state index in [2.05, 4.69) is 65.4 Å². The number of rotatable bonds is 0. The van der Waals surface area contributed by atoms with Gasteiger partial charge in [-0.05, 0) is 5.41 Å². The Morgan fingerprint density at radius 3 is 1.43 bits per heavy atom. The Morgan fingerprint density at radius 2 is 1.38 bits per heavy atom. The van der Waals surface area contributed by atoms with Crippen LogP contribution >= 0.6 is 0 Å². The van der Waals surface area contributed by atoms with Crippen LogP contribution in [0.15, 0.2) is 18.7 Å². The van der Waals surface area contributed by atoms with E-state index in [1.807, 2.05) is 13.8 Å². The summed E-state index contributed by atoms with van der Waals surface area (Å²) in [7, 11) is 0. The molecule has 0 unspecified atom stereocenters. The standard InChI is InChI=1S/C6H14.C4H9.C3H4N2.C2H6.C2H5.CH3.V/c1-5-6(2,3)4;1-4(2)3;1-2-5-3-4-1;2*1-2;;/h5H2,1-4H3;1-3H3;1-3H,(H,4,5);1-2H3;1H2,2H3;1H3;/q;-1;;;2*-1;. The first-order valence-electron chi connectivity index (χ1n) is 7.19. The summed E-state index contributed by atoms with van der Waals surface area (Å²) in [5.41, 5.74) is 0.542. The second-order valence-corrected chi connectivity index (χ2v) is 5.17. The zero-order chi connectivity index (χ0) is 16.3. The van der Waals surface area contributed by atoms with E-state index in [-0.39, 0.29) is 26.0 Å². The van der Waals surface area contributed by atoms with Crippen LogP contribution < -0.4 is 0 Å². The molecule has 0 atom stereocenters. The predicted molar refractivity (Wildman–Crippen MR) is 97.4 cm³/mol. The smallest absolute Gasteiger partial charge is 0.0919 e. The van der Waals surface area contributed by atoms with Crippen molar-refractivity contribution in [3.05, 3.63) is 39.0 Å². The van der Waals surface area contributed by atoms with Crippen LogP contribution in [0.3, 0.4) is 0 Å². The predicted octanol–water partition coefficient (Wildman–Crippen LogP) is 6.79. The SMILES string of the molecule is CC.CCC(C)(C)C.C[C-](C)C.[CH2-]C.[CH3-].[V].c1c[nH]cn1. The molecule has 0 aliphatic carbocycles. The molecule has 0 aliphatic heterocycles. The largest absolute Gasteiger partial charge is 0.358 e. The molecule has 1 aromatic heterocycles. The number of nitrogens with one attached hydrogen (secondary N) is 1. The van der Waals surface area contributed by atoms with E-state index in [9.17, 15) is 0 Å². The number of aromatic amines is 1.